The molecule has 1 atom stereocenters. The molecule has 0 heterocycles. The van der Waals surface area contributed by atoms with Crippen molar-refractivity contribution in [2.24, 2.45) is 0 Å². The van der Waals surface area contributed by atoms with Gasteiger partial charge in [0.25, 0.3) is 10.1 Å². The Labute approximate surface area is 186 Å². The molecule has 3 rings (SSSR count). The van der Waals surface area contributed by atoms with Crippen molar-refractivity contribution < 1.29 is 23.2 Å². The lowest BCUT2D eigenvalue weighted by atomic mass is 9.83. The number of halogens is 4. The normalized spacial score (nSPS) is 13.8. The highest BCUT2D eigenvalue weighted by molar-refractivity contribution is 7.87. The summed E-state index contributed by atoms with van der Waals surface area (Å²) in [7, 11) is -5.14. The van der Waals surface area contributed by atoms with Crippen molar-refractivity contribution in [3.8, 4) is 11.5 Å². The molecule has 0 aliphatic rings. The molecule has 29 heavy (non-hydrogen) atoms. The van der Waals surface area contributed by atoms with Crippen LogP contribution >= 0.6 is 46.4 Å². The van der Waals surface area contributed by atoms with Gasteiger partial charge in [-0.3, -0.25) is 4.55 Å². The number of rotatable bonds is 4. The summed E-state index contributed by atoms with van der Waals surface area (Å²) in [6.45, 7) is 0. The van der Waals surface area contributed by atoms with E-state index in [1.54, 1.807) is 12.1 Å². The van der Waals surface area contributed by atoms with E-state index in [1.165, 1.54) is 42.5 Å². The minimum absolute atomic E-state index is 0.00871. The smallest absolute Gasteiger partial charge is 0.283 e. The summed E-state index contributed by atoms with van der Waals surface area (Å²) < 4.78 is 33.9. The first kappa shape index (κ1) is 22.0. The molecular weight excluding hydrogens is 482 g/mol. The van der Waals surface area contributed by atoms with E-state index in [4.69, 9.17) is 46.4 Å². The summed E-state index contributed by atoms with van der Waals surface area (Å²) in [6, 6.07) is 13.3. The Morgan fingerprint density at radius 1 is 0.724 bits per heavy atom. The molecule has 5 nitrogen and oxygen atoms in total. The standard InChI is InChI=1S/C19H12Cl4O5S/c20-12-9-5-4-8-11(12)19(29(26,27)28,10-6-2-1-3-7-10)13-14(21)18(25)16(23)15(22)17(13)24/h1-9,24-25H,(H,26,27,28). The van der Waals surface area contributed by atoms with Gasteiger partial charge in [0, 0.05) is 10.6 Å². The first-order chi connectivity index (χ1) is 13.5. The van der Waals surface area contributed by atoms with E-state index >= 15 is 0 Å². The Kier molecular flexibility index (Phi) is 5.98. The van der Waals surface area contributed by atoms with E-state index in [1.807, 2.05) is 0 Å². The second-order valence-corrected chi connectivity index (χ2v) is 9.12. The van der Waals surface area contributed by atoms with Crippen LogP contribution < -0.4 is 0 Å². The fourth-order valence-electron chi connectivity index (χ4n) is 3.23. The Bertz CT molecular complexity index is 1170. The lowest BCUT2D eigenvalue weighted by molar-refractivity contribution is 0.435. The zero-order valence-electron chi connectivity index (χ0n) is 14.3. The first-order valence-corrected chi connectivity index (χ1v) is 10.9. The molecule has 0 aromatic heterocycles. The SMILES string of the molecule is O=S(=O)(O)C(c1ccccc1)(c1ccccc1Cl)c1c(O)c(Cl)c(Cl)c(O)c1Cl. The highest BCUT2D eigenvalue weighted by Gasteiger charge is 2.53. The van der Waals surface area contributed by atoms with Crippen LogP contribution in [0.1, 0.15) is 16.7 Å². The number of benzene rings is 3. The van der Waals surface area contributed by atoms with Crippen molar-refractivity contribution in [1.82, 2.24) is 0 Å². The minimum atomic E-state index is -5.14. The molecule has 0 aliphatic heterocycles. The maximum atomic E-state index is 13.0. The molecular formula is C19H12Cl4O5S. The molecule has 0 spiro atoms. The van der Waals surface area contributed by atoms with Crippen LogP contribution in [0.15, 0.2) is 54.6 Å². The Morgan fingerprint density at radius 3 is 1.79 bits per heavy atom. The Balaban J connectivity index is 2.69. The quantitative estimate of drug-likeness (QED) is 0.182. The molecule has 10 heteroatoms. The molecule has 3 aromatic rings. The van der Waals surface area contributed by atoms with Crippen molar-refractivity contribution in [3.05, 3.63) is 91.4 Å². The molecule has 152 valence electrons. The summed E-state index contributed by atoms with van der Waals surface area (Å²) in [6.07, 6.45) is 0. The molecule has 3 N–H and O–H groups in total. The average molecular weight is 494 g/mol. The third kappa shape index (κ3) is 3.34. The van der Waals surface area contributed by atoms with E-state index < -0.39 is 47.0 Å². The van der Waals surface area contributed by atoms with Gasteiger partial charge in [-0.1, -0.05) is 94.9 Å². The largest absolute Gasteiger partial charge is 0.506 e. The number of phenols is 2. The van der Waals surface area contributed by atoms with Gasteiger partial charge >= 0.3 is 0 Å². The van der Waals surface area contributed by atoms with Gasteiger partial charge in [-0.25, -0.2) is 0 Å². The zero-order chi connectivity index (χ0) is 21.6. The van der Waals surface area contributed by atoms with E-state index in [9.17, 15) is 23.2 Å². The van der Waals surface area contributed by atoms with Gasteiger partial charge in [-0.15, -0.1) is 0 Å². The van der Waals surface area contributed by atoms with Gasteiger partial charge in [0.05, 0.1) is 10.6 Å². The van der Waals surface area contributed by atoms with Gasteiger partial charge in [-0.05, 0) is 11.6 Å². The third-order valence-electron chi connectivity index (χ3n) is 4.45. The molecule has 3 aromatic carbocycles. The van der Waals surface area contributed by atoms with Crippen LogP contribution in [0, 0.1) is 0 Å². The topological polar surface area (TPSA) is 94.8 Å². The number of hydrogen-bond donors (Lipinski definition) is 3. The van der Waals surface area contributed by atoms with Crippen molar-refractivity contribution in [1.29, 1.82) is 0 Å². The Morgan fingerprint density at radius 2 is 1.24 bits per heavy atom. The van der Waals surface area contributed by atoms with Crippen molar-refractivity contribution >= 4 is 56.5 Å². The molecule has 0 saturated heterocycles. The summed E-state index contributed by atoms with van der Waals surface area (Å²) >= 11 is 24.5. The van der Waals surface area contributed by atoms with Gasteiger partial charge in [0.15, 0.2) is 10.5 Å². The average Bonchev–Trinajstić information content (AvgIpc) is 2.68. The summed E-state index contributed by atoms with van der Waals surface area (Å²) in [4.78, 5) is 0. The van der Waals surface area contributed by atoms with Crippen LogP contribution in [0.2, 0.25) is 20.1 Å². The highest BCUT2D eigenvalue weighted by atomic mass is 35.5. The fraction of sp³-hybridized carbons (Fsp3) is 0.0526. The molecule has 0 aliphatic carbocycles. The third-order valence-corrected chi connectivity index (χ3v) is 7.41. The van der Waals surface area contributed by atoms with Crippen LogP contribution in [0.5, 0.6) is 11.5 Å². The minimum Gasteiger partial charge on any atom is -0.506 e. The van der Waals surface area contributed by atoms with E-state index in [0.717, 1.165) is 0 Å². The highest BCUT2D eigenvalue weighted by Crippen LogP contribution is 2.57. The van der Waals surface area contributed by atoms with Gasteiger partial charge in [0.1, 0.15) is 15.8 Å². The maximum absolute atomic E-state index is 13.0. The van der Waals surface area contributed by atoms with Gasteiger partial charge < -0.3 is 10.2 Å². The fourth-order valence-corrected chi connectivity index (χ4v) is 5.71. The summed E-state index contributed by atoms with van der Waals surface area (Å²) in [5, 5.41) is 19.4. The van der Waals surface area contributed by atoms with Crippen LogP contribution in [0.25, 0.3) is 0 Å². The van der Waals surface area contributed by atoms with E-state index in [2.05, 4.69) is 0 Å². The van der Waals surface area contributed by atoms with Gasteiger partial charge in [0.2, 0.25) is 0 Å². The van der Waals surface area contributed by atoms with Crippen LogP contribution in [0.3, 0.4) is 0 Å². The Hall–Kier alpha value is -1.67. The lowest BCUT2D eigenvalue weighted by Crippen LogP contribution is -2.39. The number of phenolic OH excluding ortho intramolecular Hbond substituents is 2. The van der Waals surface area contributed by atoms with Gasteiger partial charge in [-0.2, -0.15) is 8.42 Å². The zero-order valence-corrected chi connectivity index (χ0v) is 18.1. The predicted molar refractivity (Wildman–Crippen MR) is 114 cm³/mol. The van der Waals surface area contributed by atoms with E-state index in [-0.39, 0.29) is 16.1 Å². The molecule has 0 fully saturated rings. The summed E-state index contributed by atoms with van der Waals surface area (Å²) in [5.74, 6) is -1.59. The molecule has 1 unspecified atom stereocenters. The summed E-state index contributed by atoms with van der Waals surface area (Å²) in [5.41, 5.74) is -0.719. The molecule has 0 bridgehead atoms. The monoisotopic (exact) mass is 492 g/mol. The number of hydrogen-bond acceptors (Lipinski definition) is 4. The van der Waals surface area contributed by atoms with Crippen LogP contribution in [0.4, 0.5) is 0 Å². The molecule has 0 radical (unpaired) electrons. The van der Waals surface area contributed by atoms with Crippen LogP contribution in [-0.4, -0.2) is 23.2 Å². The van der Waals surface area contributed by atoms with Crippen LogP contribution in [-0.2, 0) is 14.9 Å². The number of aromatic hydroxyl groups is 2. The first-order valence-electron chi connectivity index (χ1n) is 7.91. The van der Waals surface area contributed by atoms with E-state index in [0.29, 0.717) is 0 Å². The second kappa shape index (κ2) is 7.87. The lowest BCUT2D eigenvalue weighted by Gasteiger charge is -2.34. The van der Waals surface area contributed by atoms with Crippen molar-refractivity contribution in [2.75, 3.05) is 0 Å². The molecule has 0 amide bonds. The van der Waals surface area contributed by atoms with Crippen molar-refractivity contribution in [2.45, 2.75) is 4.75 Å². The second-order valence-electron chi connectivity index (χ2n) is 6.02. The van der Waals surface area contributed by atoms with Crippen molar-refractivity contribution in [3.63, 3.8) is 0 Å². The maximum Gasteiger partial charge on any atom is 0.283 e. The molecule has 0 saturated carbocycles. The predicted octanol–water partition coefficient (Wildman–Crippen LogP) is 5.89.